The second kappa shape index (κ2) is 8.37. The van der Waals surface area contributed by atoms with E-state index < -0.39 is 0 Å². The van der Waals surface area contributed by atoms with E-state index in [1.165, 1.54) is 5.56 Å². The largest absolute Gasteiger partial charge is 0.374 e. The monoisotopic (exact) mass is 371 g/mol. The lowest BCUT2D eigenvalue weighted by Crippen LogP contribution is -2.48. The van der Waals surface area contributed by atoms with Crippen LogP contribution in [0.1, 0.15) is 11.1 Å². The minimum Gasteiger partial charge on any atom is -0.374 e. The van der Waals surface area contributed by atoms with Crippen molar-refractivity contribution in [3.63, 3.8) is 0 Å². The molecule has 25 heavy (non-hydrogen) atoms. The number of thiocarbonyl (C=S) groups is 1. The number of rotatable bonds is 3. The van der Waals surface area contributed by atoms with Crippen LogP contribution in [-0.4, -0.2) is 41.1 Å². The minimum atomic E-state index is 0.753. The molecule has 0 atom stereocenters. The molecule has 130 valence electrons. The summed E-state index contributed by atoms with van der Waals surface area (Å²) in [5.41, 5.74) is 3.22. The third-order valence-electron chi connectivity index (χ3n) is 4.39. The van der Waals surface area contributed by atoms with Crippen molar-refractivity contribution in [2.24, 2.45) is 0 Å². The number of benzene rings is 2. The summed E-state index contributed by atoms with van der Waals surface area (Å²) < 4.78 is 0. The summed E-state index contributed by atoms with van der Waals surface area (Å²) >= 11 is 11.8. The van der Waals surface area contributed by atoms with Gasteiger partial charge in [0, 0.05) is 36.9 Å². The third kappa shape index (κ3) is 4.74. The Balaban J connectivity index is 1.52. The maximum absolute atomic E-state index is 6.18. The van der Waals surface area contributed by atoms with Gasteiger partial charge in [0.05, 0.1) is 0 Å². The van der Waals surface area contributed by atoms with E-state index in [0.717, 1.165) is 47.6 Å². The Labute approximate surface area is 159 Å². The number of hydrogen-bond acceptors (Lipinski definition) is 2. The molecule has 3 nitrogen and oxygen atoms in total. The quantitative estimate of drug-likeness (QED) is 0.792. The highest BCUT2D eigenvalue weighted by Crippen LogP contribution is 2.23. The molecule has 2 aromatic rings. The zero-order valence-electron chi connectivity index (χ0n) is 14.3. The summed E-state index contributed by atoms with van der Waals surface area (Å²) in [7, 11) is 0. The molecule has 1 N–H and O–H groups in total. The molecule has 3 rings (SSSR count). The van der Waals surface area contributed by atoms with Gasteiger partial charge >= 0.3 is 0 Å². The van der Waals surface area contributed by atoms with Crippen LogP contribution in [0.3, 0.4) is 0 Å². The van der Waals surface area contributed by atoms with E-state index in [-0.39, 0.29) is 0 Å². The van der Waals surface area contributed by atoms with Gasteiger partial charge in [-0.15, -0.1) is 0 Å². The first-order valence-electron chi connectivity index (χ1n) is 8.42. The molecule has 1 aliphatic heterocycles. The lowest BCUT2D eigenvalue weighted by molar-refractivity contribution is 0.241. The van der Waals surface area contributed by atoms with E-state index in [1.54, 1.807) is 0 Å². The minimum absolute atomic E-state index is 0.753. The fraction of sp³-hybridized carbons (Fsp3) is 0.250. The summed E-state index contributed by atoms with van der Waals surface area (Å²) in [4.78, 5) is 4.54. The van der Waals surface area contributed by atoms with Crippen LogP contribution in [0, 0.1) is 6.92 Å². The molecule has 0 aliphatic carbocycles. The molecule has 1 fully saturated rings. The fourth-order valence-corrected chi connectivity index (χ4v) is 3.23. The fourth-order valence-electron chi connectivity index (χ4n) is 2.77. The Morgan fingerprint density at radius 3 is 2.48 bits per heavy atom. The summed E-state index contributed by atoms with van der Waals surface area (Å²) in [6, 6.07) is 16.2. The van der Waals surface area contributed by atoms with Crippen molar-refractivity contribution in [3.05, 3.63) is 70.9 Å². The highest BCUT2D eigenvalue weighted by Gasteiger charge is 2.17. The van der Waals surface area contributed by atoms with Crippen molar-refractivity contribution >= 4 is 40.7 Å². The topological polar surface area (TPSA) is 18.5 Å². The van der Waals surface area contributed by atoms with Gasteiger partial charge in [0.25, 0.3) is 0 Å². The highest BCUT2D eigenvalue weighted by molar-refractivity contribution is 7.80. The molecule has 1 saturated heterocycles. The van der Waals surface area contributed by atoms with E-state index in [4.69, 9.17) is 23.8 Å². The molecular weight excluding hydrogens is 350 g/mol. The number of nitrogens with one attached hydrogen (secondary N) is 1. The molecule has 0 radical (unpaired) electrons. The van der Waals surface area contributed by atoms with Crippen LogP contribution in [0.4, 0.5) is 5.69 Å². The van der Waals surface area contributed by atoms with Crippen LogP contribution < -0.4 is 5.32 Å². The van der Waals surface area contributed by atoms with Gasteiger partial charge in [-0.25, -0.2) is 0 Å². The number of hydrogen-bond donors (Lipinski definition) is 1. The third-order valence-corrected chi connectivity index (χ3v) is 5.16. The zero-order valence-corrected chi connectivity index (χ0v) is 15.9. The zero-order chi connectivity index (χ0) is 17.6. The van der Waals surface area contributed by atoms with Crippen molar-refractivity contribution in [1.82, 2.24) is 9.80 Å². The lowest BCUT2D eigenvalue weighted by atomic mass is 10.2. The average Bonchev–Trinajstić information content (AvgIpc) is 2.65. The van der Waals surface area contributed by atoms with Crippen molar-refractivity contribution in [2.75, 3.05) is 31.5 Å². The smallest absolute Gasteiger partial charge is 0.173 e. The Bertz CT molecular complexity index is 753. The molecule has 0 spiro atoms. The Morgan fingerprint density at radius 1 is 1.04 bits per heavy atom. The number of piperazine rings is 1. The van der Waals surface area contributed by atoms with Crippen LogP contribution >= 0.6 is 23.8 Å². The maximum Gasteiger partial charge on any atom is 0.173 e. The molecule has 2 aromatic carbocycles. The Kier molecular flexibility index (Phi) is 5.95. The van der Waals surface area contributed by atoms with Crippen molar-refractivity contribution in [3.8, 4) is 0 Å². The van der Waals surface area contributed by atoms with Gasteiger partial charge in [-0.05, 0) is 54.7 Å². The van der Waals surface area contributed by atoms with Crippen molar-refractivity contribution in [2.45, 2.75) is 6.92 Å². The average molecular weight is 372 g/mol. The summed E-state index contributed by atoms with van der Waals surface area (Å²) in [6.07, 6.45) is 4.33. The summed E-state index contributed by atoms with van der Waals surface area (Å²) in [5.74, 6) is 0. The van der Waals surface area contributed by atoms with E-state index >= 15 is 0 Å². The first kappa shape index (κ1) is 17.8. The predicted molar refractivity (Wildman–Crippen MR) is 111 cm³/mol. The summed E-state index contributed by atoms with van der Waals surface area (Å²) in [6.45, 7) is 5.73. The second-order valence-electron chi connectivity index (χ2n) is 6.09. The Morgan fingerprint density at radius 2 is 1.76 bits per heavy atom. The van der Waals surface area contributed by atoms with Crippen LogP contribution in [0.2, 0.25) is 5.02 Å². The standard InChI is InChI=1S/C20H22ClN3S/c1-16-18(21)8-5-9-19(16)22-20(25)24-14-12-23(13-15-24)11-10-17-6-3-2-4-7-17/h2-11H,12-15H2,1H3,(H,22,25). The first-order chi connectivity index (χ1) is 12.1. The van der Waals surface area contributed by atoms with E-state index in [0.29, 0.717) is 0 Å². The van der Waals surface area contributed by atoms with Gasteiger partial charge in [-0.3, -0.25) is 0 Å². The van der Waals surface area contributed by atoms with Crippen molar-refractivity contribution in [1.29, 1.82) is 0 Å². The van der Waals surface area contributed by atoms with Crippen molar-refractivity contribution < 1.29 is 0 Å². The van der Waals surface area contributed by atoms with Gasteiger partial charge in [-0.1, -0.05) is 48.0 Å². The lowest BCUT2D eigenvalue weighted by Gasteiger charge is -2.35. The SMILES string of the molecule is Cc1c(Cl)cccc1NC(=S)N1CCN(C=Cc2ccccc2)CC1. The van der Waals surface area contributed by atoms with E-state index in [9.17, 15) is 0 Å². The van der Waals surface area contributed by atoms with Gasteiger partial charge in [0.1, 0.15) is 0 Å². The van der Waals surface area contributed by atoms with Gasteiger partial charge in [0.15, 0.2) is 5.11 Å². The Hall–Kier alpha value is -2.04. The molecule has 0 amide bonds. The number of nitrogens with zero attached hydrogens (tertiary/aromatic N) is 2. The predicted octanol–water partition coefficient (Wildman–Crippen LogP) is 4.63. The molecule has 5 heteroatoms. The molecule has 0 bridgehead atoms. The van der Waals surface area contributed by atoms with Gasteiger partial charge < -0.3 is 15.1 Å². The highest BCUT2D eigenvalue weighted by atomic mass is 35.5. The number of halogens is 1. The van der Waals surface area contributed by atoms with Crippen LogP contribution in [0.25, 0.3) is 6.08 Å². The van der Waals surface area contributed by atoms with Crippen LogP contribution in [0.5, 0.6) is 0 Å². The number of anilines is 1. The molecule has 0 unspecified atom stereocenters. The second-order valence-corrected chi connectivity index (χ2v) is 6.89. The molecule has 1 aliphatic rings. The van der Waals surface area contributed by atoms with E-state index in [1.807, 2.05) is 31.2 Å². The maximum atomic E-state index is 6.18. The van der Waals surface area contributed by atoms with Gasteiger partial charge in [0.2, 0.25) is 0 Å². The van der Waals surface area contributed by atoms with Crippen LogP contribution in [-0.2, 0) is 0 Å². The van der Waals surface area contributed by atoms with Gasteiger partial charge in [-0.2, -0.15) is 0 Å². The molecule has 0 aromatic heterocycles. The van der Waals surface area contributed by atoms with Crippen LogP contribution in [0.15, 0.2) is 54.7 Å². The molecule has 1 heterocycles. The summed E-state index contributed by atoms with van der Waals surface area (Å²) in [5, 5.41) is 4.84. The molecular formula is C20H22ClN3S. The van der Waals surface area contributed by atoms with E-state index in [2.05, 4.69) is 51.7 Å². The molecule has 0 saturated carbocycles. The first-order valence-corrected chi connectivity index (χ1v) is 9.20. The normalized spacial score (nSPS) is 14.8.